The van der Waals surface area contributed by atoms with E-state index in [0.29, 0.717) is 12.7 Å². The van der Waals surface area contributed by atoms with Crippen LogP contribution in [0.1, 0.15) is 31.0 Å². The molecule has 18 heavy (non-hydrogen) atoms. The normalized spacial score (nSPS) is 16.9. The van der Waals surface area contributed by atoms with Gasteiger partial charge in [0, 0.05) is 26.0 Å². The molecule has 0 unspecified atom stereocenters. The van der Waals surface area contributed by atoms with E-state index in [1.807, 2.05) is 12.3 Å². The summed E-state index contributed by atoms with van der Waals surface area (Å²) in [6.45, 7) is 6.17. The number of nitrogens with zero attached hydrogens (tertiary/aromatic N) is 1. The molecule has 4 heteroatoms. The minimum absolute atomic E-state index is 0.327. The van der Waals surface area contributed by atoms with Crippen molar-refractivity contribution in [1.82, 2.24) is 10.3 Å². The van der Waals surface area contributed by atoms with Crippen molar-refractivity contribution < 1.29 is 9.47 Å². The van der Waals surface area contributed by atoms with Gasteiger partial charge in [-0.25, -0.2) is 0 Å². The van der Waals surface area contributed by atoms with E-state index in [9.17, 15) is 0 Å². The summed E-state index contributed by atoms with van der Waals surface area (Å²) in [6.07, 6.45) is 4.15. The molecule has 0 aromatic carbocycles. The molecule has 1 saturated heterocycles. The van der Waals surface area contributed by atoms with Crippen molar-refractivity contribution in [2.24, 2.45) is 0 Å². The maximum Gasteiger partial charge on any atom is 0.0894 e. The van der Waals surface area contributed by atoms with Crippen molar-refractivity contribution >= 4 is 0 Å². The molecular weight excluding hydrogens is 228 g/mol. The van der Waals surface area contributed by atoms with Crippen LogP contribution in [0.25, 0.3) is 0 Å². The fraction of sp³-hybridized carbons (Fsp3) is 0.643. The minimum atomic E-state index is 0.327. The maximum absolute atomic E-state index is 5.92. The van der Waals surface area contributed by atoms with E-state index >= 15 is 0 Å². The summed E-state index contributed by atoms with van der Waals surface area (Å²) in [5.74, 6) is 0. The highest BCUT2D eigenvalue weighted by Gasteiger charge is 2.15. The van der Waals surface area contributed by atoms with Gasteiger partial charge in [-0.2, -0.15) is 0 Å². The van der Waals surface area contributed by atoms with Crippen LogP contribution in [0.3, 0.4) is 0 Å². The number of ether oxygens (including phenoxy) is 2. The van der Waals surface area contributed by atoms with Crippen molar-refractivity contribution in [2.75, 3.05) is 19.8 Å². The Morgan fingerprint density at radius 3 is 3.06 bits per heavy atom. The zero-order chi connectivity index (χ0) is 12.6. The van der Waals surface area contributed by atoms with Gasteiger partial charge >= 0.3 is 0 Å². The van der Waals surface area contributed by atoms with Crippen molar-refractivity contribution in [2.45, 2.75) is 39.0 Å². The Hall–Kier alpha value is -0.970. The molecule has 0 radical (unpaired) electrons. The first kappa shape index (κ1) is 13.5. The molecule has 0 spiro atoms. The molecule has 4 nitrogen and oxygen atoms in total. The molecule has 1 aromatic rings. The zero-order valence-electron chi connectivity index (χ0n) is 11.0. The molecular formula is C14H22N2O2. The van der Waals surface area contributed by atoms with Gasteiger partial charge in [0.2, 0.25) is 0 Å². The molecule has 1 aliphatic heterocycles. The van der Waals surface area contributed by atoms with Gasteiger partial charge in [0.05, 0.1) is 18.4 Å². The minimum Gasteiger partial charge on any atom is -0.381 e. The Kier molecular flexibility index (Phi) is 5.58. The summed E-state index contributed by atoms with van der Waals surface area (Å²) in [6, 6.07) is 4.09. The van der Waals surface area contributed by atoms with E-state index in [1.54, 1.807) is 0 Å². The first-order valence-electron chi connectivity index (χ1n) is 6.73. The Morgan fingerprint density at radius 1 is 1.44 bits per heavy atom. The second kappa shape index (κ2) is 7.46. The Labute approximate surface area is 109 Å². The standard InChI is InChI=1S/C14H22N2O2/c1-2-15-10-12-4-3-7-16-14(12)11-18-13-5-8-17-9-6-13/h3-4,7,13,15H,2,5-6,8-11H2,1H3. The van der Waals surface area contributed by atoms with Gasteiger partial charge in [0.1, 0.15) is 0 Å². The van der Waals surface area contributed by atoms with E-state index in [1.165, 1.54) is 5.56 Å². The third-order valence-electron chi connectivity index (χ3n) is 3.17. The lowest BCUT2D eigenvalue weighted by atomic mass is 10.1. The maximum atomic E-state index is 5.92. The van der Waals surface area contributed by atoms with Crippen LogP contribution >= 0.6 is 0 Å². The van der Waals surface area contributed by atoms with Crippen LogP contribution in [-0.4, -0.2) is 30.8 Å². The van der Waals surface area contributed by atoms with Gasteiger partial charge in [-0.3, -0.25) is 4.98 Å². The monoisotopic (exact) mass is 250 g/mol. The number of hydrogen-bond acceptors (Lipinski definition) is 4. The van der Waals surface area contributed by atoms with Crippen LogP contribution < -0.4 is 5.32 Å². The fourth-order valence-corrected chi connectivity index (χ4v) is 2.06. The third-order valence-corrected chi connectivity index (χ3v) is 3.17. The largest absolute Gasteiger partial charge is 0.381 e. The lowest BCUT2D eigenvalue weighted by molar-refractivity contribution is -0.0401. The van der Waals surface area contributed by atoms with Gasteiger partial charge in [0.15, 0.2) is 0 Å². The molecule has 0 atom stereocenters. The van der Waals surface area contributed by atoms with E-state index in [4.69, 9.17) is 9.47 Å². The summed E-state index contributed by atoms with van der Waals surface area (Å²) < 4.78 is 11.2. The quantitative estimate of drug-likeness (QED) is 0.837. The van der Waals surface area contributed by atoms with Gasteiger partial charge < -0.3 is 14.8 Å². The highest BCUT2D eigenvalue weighted by molar-refractivity contribution is 5.18. The Bertz CT molecular complexity index is 351. The van der Waals surface area contributed by atoms with Crippen LogP contribution in [0.5, 0.6) is 0 Å². The van der Waals surface area contributed by atoms with Crippen LogP contribution in [0.2, 0.25) is 0 Å². The molecule has 2 heterocycles. The number of rotatable bonds is 6. The first-order chi connectivity index (χ1) is 8.90. The second-order valence-corrected chi connectivity index (χ2v) is 4.51. The van der Waals surface area contributed by atoms with Gasteiger partial charge in [-0.05, 0) is 31.0 Å². The molecule has 100 valence electrons. The predicted molar refractivity (Wildman–Crippen MR) is 70.2 cm³/mol. The first-order valence-corrected chi connectivity index (χ1v) is 6.73. The van der Waals surface area contributed by atoms with E-state index < -0.39 is 0 Å². The molecule has 2 rings (SSSR count). The molecule has 1 aromatic heterocycles. The highest BCUT2D eigenvalue weighted by Crippen LogP contribution is 2.14. The molecule has 0 amide bonds. The highest BCUT2D eigenvalue weighted by atomic mass is 16.5. The van der Waals surface area contributed by atoms with Gasteiger partial charge in [0.25, 0.3) is 0 Å². The van der Waals surface area contributed by atoms with Crippen molar-refractivity contribution in [3.63, 3.8) is 0 Å². The molecule has 1 aliphatic rings. The lowest BCUT2D eigenvalue weighted by Crippen LogP contribution is -2.24. The van der Waals surface area contributed by atoms with E-state index in [0.717, 1.165) is 44.8 Å². The topological polar surface area (TPSA) is 43.4 Å². The summed E-state index contributed by atoms with van der Waals surface area (Å²) in [5.41, 5.74) is 2.27. The summed E-state index contributed by atoms with van der Waals surface area (Å²) in [5, 5.41) is 3.33. The predicted octanol–water partition coefficient (Wildman–Crippen LogP) is 1.89. The SMILES string of the molecule is CCNCc1cccnc1COC1CCOCC1. The summed E-state index contributed by atoms with van der Waals surface area (Å²) >= 11 is 0. The molecule has 1 N–H and O–H groups in total. The second-order valence-electron chi connectivity index (χ2n) is 4.51. The van der Waals surface area contributed by atoms with Crippen LogP contribution in [-0.2, 0) is 22.6 Å². The van der Waals surface area contributed by atoms with Crippen molar-refractivity contribution in [3.8, 4) is 0 Å². The summed E-state index contributed by atoms with van der Waals surface area (Å²) in [4.78, 5) is 4.42. The van der Waals surface area contributed by atoms with Gasteiger partial charge in [-0.1, -0.05) is 13.0 Å². The molecule has 0 saturated carbocycles. The number of pyridine rings is 1. The lowest BCUT2D eigenvalue weighted by Gasteiger charge is -2.22. The fourth-order valence-electron chi connectivity index (χ4n) is 2.06. The summed E-state index contributed by atoms with van der Waals surface area (Å²) in [7, 11) is 0. The molecule has 1 fully saturated rings. The Morgan fingerprint density at radius 2 is 2.28 bits per heavy atom. The van der Waals surface area contributed by atoms with E-state index in [-0.39, 0.29) is 0 Å². The van der Waals surface area contributed by atoms with E-state index in [2.05, 4.69) is 23.3 Å². The number of hydrogen-bond donors (Lipinski definition) is 1. The van der Waals surface area contributed by atoms with Crippen LogP contribution in [0.4, 0.5) is 0 Å². The number of nitrogens with one attached hydrogen (secondary N) is 1. The molecule has 0 aliphatic carbocycles. The third kappa shape index (κ3) is 4.05. The van der Waals surface area contributed by atoms with Crippen LogP contribution in [0, 0.1) is 0 Å². The Balaban J connectivity index is 1.87. The van der Waals surface area contributed by atoms with Crippen molar-refractivity contribution in [1.29, 1.82) is 0 Å². The average Bonchev–Trinajstić information content (AvgIpc) is 2.45. The van der Waals surface area contributed by atoms with Crippen LogP contribution in [0.15, 0.2) is 18.3 Å². The van der Waals surface area contributed by atoms with Gasteiger partial charge in [-0.15, -0.1) is 0 Å². The molecule has 0 bridgehead atoms. The zero-order valence-corrected chi connectivity index (χ0v) is 11.0. The van der Waals surface area contributed by atoms with Crippen molar-refractivity contribution in [3.05, 3.63) is 29.6 Å². The smallest absolute Gasteiger partial charge is 0.0894 e. The average molecular weight is 250 g/mol. The number of aromatic nitrogens is 1.